The molecule has 3 N–H and O–H groups in total. The van der Waals surface area contributed by atoms with E-state index in [4.69, 9.17) is 29.0 Å². The number of halogens is 2. The van der Waals surface area contributed by atoms with Crippen molar-refractivity contribution in [3.8, 4) is 0 Å². The van der Waals surface area contributed by atoms with Crippen LogP contribution < -0.4 is 11.3 Å². The van der Waals surface area contributed by atoms with Crippen molar-refractivity contribution in [1.82, 2.24) is 5.43 Å². The Morgan fingerprint density at radius 3 is 2.67 bits per heavy atom. The van der Waals surface area contributed by atoms with E-state index < -0.39 is 0 Å². The minimum Gasteiger partial charge on any atom is -0.271 e. The third kappa shape index (κ3) is 2.71. The zero-order valence-corrected chi connectivity index (χ0v) is 12.2. The summed E-state index contributed by atoms with van der Waals surface area (Å²) in [6, 6.07) is 9.65. The molecule has 0 amide bonds. The predicted molar refractivity (Wildman–Crippen MR) is 79.3 cm³/mol. The van der Waals surface area contributed by atoms with Crippen LogP contribution in [0.3, 0.4) is 0 Å². The van der Waals surface area contributed by atoms with Crippen molar-refractivity contribution in [2.24, 2.45) is 5.84 Å². The summed E-state index contributed by atoms with van der Waals surface area (Å²) < 4.78 is 0. The average molecular weight is 301 g/mol. The first kappa shape index (κ1) is 13.8. The van der Waals surface area contributed by atoms with Crippen LogP contribution in [-0.4, -0.2) is 0 Å². The second-order valence-corrected chi connectivity index (χ2v) is 5.89. The first-order chi connectivity index (χ1) is 8.67. The molecule has 0 aliphatic rings. The number of hydrazine groups is 1. The van der Waals surface area contributed by atoms with E-state index in [-0.39, 0.29) is 6.04 Å². The molecule has 0 fully saturated rings. The Morgan fingerprint density at radius 2 is 2.06 bits per heavy atom. The maximum absolute atomic E-state index is 6.23. The normalized spacial score (nSPS) is 12.7. The van der Waals surface area contributed by atoms with Crippen LogP contribution >= 0.6 is 34.5 Å². The molecule has 5 heteroatoms. The molecule has 0 saturated heterocycles. The van der Waals surface area contributed by atoms with Gasteiger partial charge in [-0.1, -0.05) is 42.3 Å². The van der Waals surface area contributed by atoms with Crippen LogP contribution in [0.2, 0.25) is 10.0 Å². The molecule has 0 bridgehead atoms. The largest absolute Gasteiger partial charge is 0.271 e. The summed E-state index contributed by atoms with van der Waals surface area (Å²) >= 11 is 14.0. The van der Waals surface area contributed by atoms with Crippen molar-refractivity contribution in [3.05, 3.63) is 55.7 Å². The first-order valence-corrected chi connectivity index (χ1v) is 7.23. The molecule has 1 unspecified atom stereocenters. The van der Waals surface area contributed by atoms with Gasteiger partial charge in [-0.05, 0) is 30.2 Å². The highest BCUT2D eigenvalue weighted by Crippen LogP contribution is 2.35. The van der Waals surface area contributed by atoms with Gasteiger partial charge in [0, 0.05) is 9.75 Å². The van der Waals surface area contributed by atoms with Crippen LogP contribution in [0.1, 0.15) is 28.3 Å². The monoisotopic (exact) mass is 300 g/mol. The SMILES string of the molecule is CCc1ccc(C(NN)c2cccc(Cl)c2Cl)s1. The number of nitrogens with two attached hydrogens (primary N) is 1. The van der Waals surface area contributed by atoms with Gasteiger partial charge < -0.3 is 0 Å². The van der Waals surface area contributed by atoms with Crippen molar-refractivity contribution >= 4 is 34.5 Å². The molecule has 2 rings (SSSR count). The minimum absolute atomic E-state index is 0.124. The Labute approximate surface area is 121 Å². The van der Waals surface area contributed by atoms with E-state index in [9.17, 15) is 0 Å². The van der Waals surface area contributed by atoms with Crippen LogP contribution in [0.4, 0.5) is 0 Å². The number of nitrogens with one attached hydrogen (secondary N) is 1. The lowest BCUT2D eigenvalue weighted by Gasteiger charge is -2.16. The van der Waals surface area contributed by atoms with Crippen molar-refractivity contribution < 1.29 is 0 Å². The Hall–Kier alpha value is -0.580. The van der Waals surface area contributed by atoms with E-state index in [1.807, 2.05) is 12.1 Å². The number of hydrogen-bond donors (Lipinski definition) is 2. The fraction of sp³-hybridized carbons (Fsp3) is 0.231. The third-order valence-corrected chi connectivity index (χ3v) is 4.90. The second kappa shape index (κ2) is 6.04. The van der Waals surface area contributed by atoms with Crippen LogP contribution in [0.25, 0.3) is 0 Å². The Bertz CT molecular complexity index is 540. The zero-order valence-electron chi connectivity index (χ0n) is 9.91. The van der Waals surface area contributed by atoms with E-state index in [0.717, 1.165) is 16.9 Å². The molecule has 0 aliphatic carbocycles. The van der Waals surface area contributed by atoms with E-state index in [0.29, 0.717) is 10.0 Å². The summed E-state index contributed by atoms with van der Waals surface area (Å²) in [5, 5.41) is 1.09. The first-order valence-electron chi connectivity index (χ1n) is 5.66. The fourth-order valence-electron chi connectivity index (χ4n) is 1.81. The van der Waals surface area contributed by atoms with Gasteiger partial charge in [0.25, 0.3) is 0 Å². The molecule has 2 aromatic rings. The van der Waals surface area contributed by atoms with E-state index >= 15 is 0 Å². The molecule has 18 heavy (non-hydrogen) atoms. The Kier molecular flexibility index (Phi) is 4.65. The highest BCUT2D eigenvalue weighted by molar-refractivity contribution is 7.12. The topological polar surface area (TPSA) is 38.0 Å². The average Bonchev–Trinajstić information content (AvgIpc) is 2.84. The van der Waals surface area contributed by atoms with Gasteiger partial charge in [-0.3, -0.25) is 5.84 Å². The van der Waals surface area contributed by atoms with Gasteiger partial charge in [0.05, 0.1) is 16.1 Å². The summed E-state index contributed by atoms with van der Waals surface area (Å²) in [7, 11) is 0. The molecule has 0 radical (unpaired) electrons. The van der Waals surface area contributed by atoms with Crippen molar-refractivity contribution in [2.75, 3.05) is 0 Å². The predicted octanol–water partition coefficient (Wildman–Crippen LogP) is 4.17. The van der Waals surface area contributed by atoms with Crippen LogP contribution in [-0.2, 0) is 6.42 Å². The number of hydrogen-bond acceptors (Lipinski definition) is 3. The standard InChI is InChI=1S/C13H14Cl2N2S/c1-2-8-6-7-11(18-8)13(17-16)9-4-3-5-10(14)12(9)15/h3-7,13,17H,2,16H2,1H3. The highest BCUT2D eigenvalue weighted by atomic mass is 35.5. The molecular formula is C13H14Cl2N2S. The molecule has 1 heterocycles. The van der Waals surface area contributed by atoms with Gasteiger partial charge in [-0.15, -0.1) is 11.3 Å². The van der Waals surface area contributed by atoms with Gasteiger partial charge >= 0.3 is 0 Å². The zero-order chi connectivity index (χ0) is 13.1. The second-order valence-electron chi connectivity index (χ2n) is 3.90. The van der Waals surface area contributed by atoms with Gasteiger partial charge in [-0.25, -0.2) is 5.43 Å². The summed E-state index contributed by atoms with van der Waals surface area (Å²) in [4.78, 5) is 2.46. The number of rotatable bonds is 4. The summed E-state index contributed by atoms with van der Waals surface area (Å²) in [5.74, 6) is 5.66. The van der Waals surface area contributed by atoms with Crippen LogP contribution in [0, 0.1) is 0 Å². The molecule has 0 saturated carbocycles. The maximum atomic E-state index is 6.23. The molecule has 1 atom stereocenters. The number of aryl methyl sites for hydroxylation is 1. The maximum Gasteiger partial charge on any atom is 0.0817 e. The van der Waals surface area contributed by atoms with Crippen molar-refractivity contribution in [2.45, 2.75) is 19.4 Å². The lowest BCUT2D eigenvalue weighted by atomic mass is 10.1. The third-order valence-electron chi connectivity index (χ3n) is 2.77. The van der Waals surface area contributed by atoms with Crippen molar-refractivity contribution in [3.63, 3.8) is 0 Å². The van der Waals surface area contributed by atoms with E-state index in [2.05, 4.69) is 24.5 Å². The Morgan fingerprint density at radius 1 is 1.28 bits per heavy atom. The van der Waals surface area contributed by atoms with E-state index in [1.54, 1.807) is 17.4 Å². The summed E-state index contributed by atoms with van der Waals surface area (Å²) in [6.07, 6.45) is 1.02. The van der Waals surface area contributed by atoms with E-state index in [1.165, 1.54) is 4.88 Å². The van der Waals surface area contributed by atoms with Gasteiger partial charge in [0.15, 0.2) is 0 Å². The lowest BCUT2D eigenvalue weighted by Crippen LogP contribution is -2.28. The quantitative estimate of drug-likeness (QED) is 0.657. The molecule has 0 aliphatic heterocycles. The fourth-order valence-corrected chi connectivity index (χ4v) is 3.26. The summed E-state index contributed by atoms with van der Waals surface area (Å²) in [6.45, 7) is 2.13. The van der Waals surface area contributed by atoms with Crippen LogP contribution in [0.15, 0.2) is 30.3 Å². The number of thiophene rings is 1. The van der Waals surface area contributed by atoms with Crippen LogP contribution in [0.5, 0.6) is 0 Å². The smallest absolute Gasteiger partial charge is 0.0817 e. The molecule has 1 aromatic carbocycles. The summed E-state index contributed by atoms with van der Waals surface area (Å²) in [5.41, 5.74) is 3.71. The van der Waals surface area contributed by atoms with Crippen molar-refractivity contribution in [1.29, 1.82) is 0 Å². The Balaban J connectivity index is 2.41. The number of benzene rings is 1. The molecule has 0 spiro atoms. The molecular weight excluding hydrogens is 287 g/mol. The highest BCUT2D eigenvalue weighted by Gasteiger charge is 2.18. The lowest BCUT2D eigenvalue weighted by molar-refractivity contribution is 0.647. The van der Waals surface area contributed by atoms with Gasteiger partial charge in [-0.2, -0.15) is 0 Å². The molecule has 1 aromatic heterocycles. The minimum atomic E-state index is -0.124. The molecule has 2 nitrogen and oxygen atoms in total. The molecule has 96 valence electrons. The van der Waals surface area contributed by atoms with Gasteiger partial charge in [0.2, 0.25) is 0 Å². The van der Waals surface area contributed by atoms with Gasteiger partial charge in [0.1, 0.15) is 0 Å².